The lowest BCUT2D eigenvalue weighted by Gasteiger charge is -2.08. The smallest absolute Gasteiger partial charge is 0.253 e. The Morgan fingerprint density at radius 1 is 1.56 bits per heavy atom. The van der Waals surface area contributed by atoms with Crippen molar-refractivity contribution < 1.29 is 15.0 Å². The van der Waals surface area contributed by atoms with Crippen LogP contribution in [0.2, 0.25) is 0 Å². The van der Waals surface area contributed by atoms with Gasteiger partial charge in [-0.2, -0.15) is 0 Å². The SMILES string of the molecule is CC(O)CCNC(=O)c1cc(O)ccc1N. The number of aliphatic hydroxyl groups excluding tert-OH is 1. The number of phenolic OH excluding ortho intramolecular Hbond substituents is 1. The standard InChI is InChI=1S/C11H16N2O3/c1-7(14)4-5-13-11(16)9-6-8(15)2-3-10(9)12/h2-3,6-7,14-15H,4-5,12H2,1H3,(H,13,16). The van der Waals surface area contributed by atoms with E-state index < -0.39 is 6.10 Å². The summed E-state index contributed by atoms with van der Waals surface area (Å²) in [6.45, 7) is 2.01. The first-order chi connectivity index (χ1) is 7.50. The maximum Gasteiger partial charge on any atom is 0.253 e. The highest BCUT2D eigenvalue weighted by molar-refractivity contribution is 5.99. The first-order valence-electron chi connectivity index (χ1n) is 5.05. The molecule has 5 heteroatoms. The first-order valence-corrected chi connectivity index (χ1v) is 5.05. The number of nitrogen functional groups attached to an aromatic ring is 1. The molecule has 0 aromatic heterocycles. The molecule has 88 valence electrons. The fraction of sp³-hybridized carbons (Fsp3) is 0.364. The summed E-state index contributed by atoms with van der Waals surface area (Å²) >= 11 is 0. The van der Waals surface area contributed by atoms with Crippen LogP contribution in [-0.2, 0) is 0 Å². The number of carbonyl (C=O) groups excluding carboxylic acids is 1. The lowest BCUT2D eigenvalue weighted by molar-refractivity contribution is 0.0946. The molecule has 1 unspecified atom stereocenters. The largest absolute Gasteiger partial charge is 0.508 e. The molecule has 0 fully saturated rings. The molecule has 0 aliphatic carbocycles. The quantitative estimate of drug-likeness (QED) is 0.441. The number of hydrogen-bond donors (Lipinski definition) is 4. The van der Waals surface area contributed by atoms with Crippen molar-refractivity contribution in [2.75, 3.05) is 12.3 Å². The van der Waals surface area contributed by atoms with E-state index in [4.69, 9.17) is 10.8 Å². The molecule has 1 aromatic rings. The van der Waals surface area contributed by atoms with E-state index in [0.717, 1.165) is 0 Å². The molecule has 16 heavy (non-hydrogen) atoms. The zero-order chi connectivity index (χ0) is 12.1. The van der Waals surface area contributed by atoms with Gasteiger partial charge >= 0.3 is 0 Å². The van der Waals surface area contributed by atoms with Gasteiger partial charge in [-0.25, -0.2) is 0 Å². The normalized spacial score (nSPS) is 12.1. The topological polar surface area (TPSA) is 95.6 Å². The van der Waals surface area contributed by atoms with Crippen LogP contribution < -0.4 is 11.1 Å². The number of phenols is 1. The number of rotatable bonds is 4. The van der Waals surface area contributed by atoms with Crippen molar-refractivity contribution in [3.63, 3.8) is 0 Å². The number of benzene rings is 1. The van der Waals surface area contributed by atoms with Gasteiger partial charge in [-0.3, -0.25) is 4.79 Å². The number of nitrogens with two attached hydrogens (primary N) is 1. The van der Waals surface area contributed by atoms with E-state index in [9.17, 15) is 9.90 Å². The fourth-order valence-corrected chi connectivity index (χ4v) is 1.23. The summed E-state index contributed by atoms with van der Waals surface area (Å²) < 4.78 is 0. The summed E-state index contributed by atoms with van der Waals surface area (Å²) in [5.41, 5.74) is 6.15. The van der Waals surface area contributed by atoms with Crippen molar-refractivity contribution >= 4 is 11.6 Å². The van der Waals surface area contributed by atoms with Gasteiger partial charge in [0.15, 0.2) is 0 Å². The van der Waals surface area contributed by atoms with E-state index in [1.807, 2.05) is 0 Å². The Morgan fingerprint density at radius 3 is 2.88 bits per heavy atom. The molecule has 0 aliphatic rings. The number of nitrogens with one attached hydrogen (secondary N) is 1. The van der Waals surface area contributed by atoms with Crippen LogP contribution in [0.25, 0.3) is 0 Å². The van der Waals surface area contributed by atoms with Crippen LogP contribution in [0.1, 0.15) is 23.7 Å². The number of aromatic hydroxyl groups is 1. The minimum absolute atomic E-state index is 0.00474. The summed E-state index contributed by atoms with van der Waals surface area (Å²) in [5.74, 6) is -0.357. The molecule has 1 aromatic carbocycles. The van der Waals surface area contributed by atoms with Crippen LogP contribution in [0, 0.1) is 0 Å². The third-order valence-corrected chi connectivity index (χ3v) is 2.13. The predicted molar refractivity (Wildman–Crippen MR) is 61.2 cm³/mol. The van der Waals surface area contributed by atoms with Gasteiger partial charge in [0.2, 0.25) is 0 Å². The minimum atomic E-state index is -0.457. The zero-order valence-corrected chi connectivity index (χ0v) is 9.10. The Morgan fingerprint density at radius 2 is 2.25 bits per heavy atom. The second kappa shape index (κ2) is 5.37. The Hall–Kier alpha value is -1.75. The van der Waals surface area contributed by atoms with E-state index in [-0.39, 0.29) is 17.2 Å². The molecule has 1 atom stereocenters. The Bertz CT molecular complexity index is 377. The summed E-state index contributed by atoms with van der Waals surface area (Å²) in [6, 6.07) is 4.20. The summed E-state index contributed by atoms with van der Waals surface area (Å²) in [5, 5.41) is 20.9. The third-order valence-electron chi connectivity index (χ3n) is 2.13. The number of aliphatic hydroxyl groups is 1. The molecule has 5 N–H and O–H groups in total. The Labute approximate surface area is 93.9 Å². The zero-order valence-electron chi connectivity index (χ0n) is 9.10. The average molecular weight is 224 g/mol. The minimum Gasteiger partial charge on any atom is -0.508 e. The highest BCUT2D eigenvalue weighted by Gasteiger charge is 2.10. The van der Waals surface area contributed by atoms with E-state index in [0.29, 0.717) is 18.7 Å². The molecule has 0 saturated carbocycles. The molecule has 0 spiro atoms. The van der Waals surface area contributed by atoms with Crippen LogP contribution in [0.3, 0.4) is 0 Å². The van der Waals surface area contributed by atoms with E-state index in [1.54, 1.807) is 6.92 Å². The highest BCUT2D eigenvalue weighted by atomic mass is 16.3. The molecule has 0 radical (unpaired) electrons. The molecule has 0 bridgehead atoms. The second-order valence-corrected chi connectivity index (χ2v) is 3.67. The van der Waals surface area contributed by atoms with Gasteiger partial charge < -0.3 is 21.3 Å². The fourth-order valence-electron chi connectivity index (χ4n) is 1.23. The average Bonchev–Trinajstić information content (AvgIpc) is 2.21. The van der Waals surface area contributed by atoms with Crippen LogP contribution in [-0.4, -0.2) is 28.8 Å². The maximum atomic E-state index is 11.6. The highest BCUT2D eigenvalue weighted by Crippen LogP contribution is 2.18. The van der Waals surface area contributed by atoms with Gasteiger partial charge in [-0.05, 0) is 31.5 Å². The molecule has 1 amide bonds. The molecule has 0 saturated heterocycles. The van der Waals surface area contributed by atoms with Gasteiger partial charge in [-0.1, -0.05) is 0 Å². The molecule has 5 nitrogen and oxygen atoms in total. The molecule has 0 heterocycles. The number of anilines is 1. The van der Waals surface area contributed by atoms with Crippen LogP contribution >= 0.6 is 0 Å². The lowest BCUT2D eigenvalue weighted by atomic mass is 10.1. The Balaban J connectivity index is 2.62. The van der Waals surface area contributed by atoms with Crippen molar-refractivity contribution in [2.24, 2.45) is 0 Å². The molecule has 0 aliphatic heterocycles. The van der Waals surface area contributed by atoms with Gasteiger partial charge in [0.25, 0.3) is 5.91 Å². The van der Waals surface area contributed by atoms with E-state index >= 15 is 0 Å². The number of carbonyl (C=O) groups is 1. The summed E-state index contributed by atoms with van der Waals surface area (Å²) in [6.07, 6.45) is 0.0200. The van der Waals surface area contributed by atoms with Crippen molar-refractivity contribution in [1.29, 1.82) is 0 Å². The van der Waals surface area contributed by atoms with Crippen LogP contribution in [0.5, 0.6) is 5.75 Å². The van der Waals surface area contributed by atoms with Gasteiger partial charge in [0, 0.05) is 12.2 Å². The summed E-state index contributed by atoms with van der Waals surface area (Å²) in [4.78, 5) is 11.6. The second-order valence-electron chi connectivity index (χ2n) is 3.67. The predicted octanol–water partition coefficient (Wildman–Crippen LogP) is 0.475. The Kier molecular flexibility index (Phi) is 4.13. The van der Waals surface area contributed by atoms with Crippen LogP contribution in [0.4, 0.5) is 5.69 Å². The first kappa shape index (κ1) is 12.3. The van der Waals surface area contributed by atoms with Crippen molar-refractivity contribution in [1.82, 2.24) is 5.32 Å². The third kappa shape index (κ3) is 3.43. The molecular formula is C11H16N2O3. The van der Waals surface area contributed by atoms with Crippen LogP contribution in [0.15, 0.2) is 18.2 Å². The maximum absolute atomic E-state index is 11.6. The monoisotopic (exact) mass is 224 g/mol. The van der Waals surface area contributed by atoms with Gasteiger partial charge in [-0.15, -0.1) is 0 Å². The number of hydrogen-bond acceptors (Lipinski definition) is 4. The number of amides is 1. The van der Waals surface area contributed by atoms with Gasteiger partial charge in [0.1, 0.15) is 5.75 Å². The van der Waals surface area contributed by atoms with Crippen molar-refractivity contribution in [3.8, 4) is 5.75 Å². The molecular weight excluding hydrogens is 208 g/mol. The van der Waals surface area contributed by atoms with Crippen molar-refractivity contribution in [2.45, 2.75) is 19.4 Å². The van der Waals surface area contributed by atoms with Gasteiger partial charge in [0.05, 0.1) is 11.7 Å². The van der Waals surface area contributed by atoms with Crippen molar-refractivity contribution in [3.05, 3.63) is 23.8 Å². The summed E-state index contributed by atoms with van der Waals surface area (Å²) in [7, 11) is 0. The lowest BCUT2D eigenvalue weighted by Crippen LogP contribution is -2.27. The van der Waals surface area contributed by atoms with E-state index in [1.165, 1.54) is 18.2 Å². The van der Waals surface area contributed by atoms with E-state index in [2.05, 4.69) is 5.32 Å². The molecule has 1 rings (SSSR count).